The van der Waals surface area contributed by atoms with Crippen LogP contribution in [0, 0.1) is 11.7 Å². The lowest BCUT2D eigenvalue weighted by molar-refractivity contribution is 0.173. The third-order valence-corrected chi connectivity index (χ3v) is 7.00. The summed E-state index contributed by atoms with van der Waals surface area (Å²) < 4.78 is 27.0. The first-order valence-corrected chi connectivity index (χ1v) is 12.6. The van der Waals surface area contributed by atoms with Gasteiger partial charge in [-0.15, -0.1) is 0 Å². The van der Waals surface area contributed by atoms with Crippen LogP contribution in [0.4, 0.5) is 4.39 Å². The summed E-state index contributed by atoms with van der Waals surface area (Å²) in [4.78, 5) is 7.34. The van der Waals surface area contributed by atoms with Crippen molar-refractivity contribution >= 4 is 0 Å². The monoisotopic (exact) mass is 463 g/mol. The van der Waals surface area contributed by atoms with Gasteiger partial charge in [0.25, 0.3) is 0 Å². The number of nitrogens with zero attached hydrogens (tertiary/aromatic N) is 3. The first-order valence-electron chi connectivity index (χ1n) is 12.6. The molecule has 0 atom stereocenters. The van der Waals surface area contributed by atoms with E-state index < -0.39 is 0 Å². The molecule has 0 spiro atoms. The van der Waals surface area contributed by atoms with Gasteiger partial charge in [-0.05, 0) is 67.1 Å². The molecule has 180 valence electrons. The normalized spacial score (nSPS) is 15.5. The van der Waals surface area contributed by atoms with Gasteiger partial charge in [0.2, 0.25) is 6.79 Å². The standard InChI is InChI=1S/C28H34FN3O2/c1-2-3-14-32-25(16-30-28(32)23-9-11-24(29)12-10-23)19-31(17-21-6-4-5-7-21)18-22-8-13-26-27(15-22)34-20-33-26/h8-13,15-16,21H,2-7,14,17-20H2,1H3. The molecule has 0 saturated heterocycles. The van der Waals surface area contributed by atoms with Crippen molar-refractivity contribution in [1.29, 1.82) is 0 Å². The number of imidazole rings is 1. The van der Waals surface area contributed by atoms with Gasteiger partial charge in [-0.2, -0.15) is 0 Å². The van der Waals surface area contributed by atoms with Crippen molar-refractivity contribution < 1.29 is 13.9 Å². The lowest BCUT2D eigenvalue weighted by atomic mass is 10.1. The van der Waals surface area contributed by atoms with Gasteiger partial charge in [-0.25, -0.2) is 9.37 Å². The number of benzene rings is 2. The second-order valence-electron chi connectivity index (χ2n) is 9.59. The molecule has 0 bridgehead atoms. The van der Waals surface area contributed by atoms with Crippen LogP contribution < -0.4 is 9.47 Å². The Hall–Kier alpha value is -2.86. The van der Waals surface area contributed by atoms with Gasteiger partial charge < -0.3 is 14.0 Å². The SMILES string of the molecule is CCCCn1c(CN(Cc2ccc3c(c2)OCO3)CC2CCCC2)cnc1-c1ccc(F)cc1. The minimum atomic E-state index is -0.220. The summed E-state index contributed by atoms with van der Waals surface area (Å²) in [7, 11) is 0. The fourth-order valence-electron chi connectivity index (χ4n) is 5.20. The second-order valence-corrected chi connectivity index (χ2v) is 9.59. The molecule has 1 aliphatic heterocycles. The third kappa shape index (κ3) is 5.27. The molecule has 1 fully saturated rings. The largest absolute Gasteiger partial charge is 0.454 e. The lowest BCUT2D eigenvalue weighted by Crippen LogP contribution is -2.29. The zero-order valence-corrected chi connectivity index (χ0v) is 20.0. The molecule has 1 aromatic heterocycles. The van der Waals surface area contributed by atoms with Crippen LogP contribution in [-0.4, -0.2) is 27.8 Å². The fourth-order valence-corrected chi connectivity index (χ4v) is 5.20. The highest BCUT2D eigenvalue weighted by molar-refractivity contribution is 5.56. The Bertz CT molecular complexity index is 1090. The summed E-state index contributed by atoms with van der Waals surface area (Å²) in [5, 5.41) is 0. The molecular formula is C28H34FN3O2. The fraction of sp³-hybridized carbons (Fsp3) is 0.464. The molecule has 0 amide bonds. The van der Waals surface area contributed by atoms with E-state index in [1.54, 1.807) is 0 Å². The summed E-state index contributed by atoms with van der Waals surface area (Å²) in [6.45, 7) is 6.20. The number of halogens is 1. The number of rotatable bonds is 10. The molecule has 0 radical (unpaired) electrons. The first-order chi connectivity index (χ1) is 16.7. The average Bonchev–Trinajstić information content (AvgIpc) is 3.60. The van der Waals surface area contributed by atoms with E-state index in [2.05, 4.69) is 28.5 Å². The van der Waals surface area contributed by atoms with Crippen molar-refractivity contribution in [3.63, 3.8) is 0 Å². The van der Waals surface area contributed by atoms with Crippen LogP contribution in [0.15, 0.2) is 48.7 Å². The topological polar surface area (TPSA) is 39.5 Å². The van der Waals surface area contributed by atoms with Gasteiger partial charge >= 0.3 is 0 Å². The molecule has 1 saturated carbocycles. The van der Waals surface area contributed by atoms with E-state index in [0.29, 0.717) is 6.79 Å². The van der Waals surface area contributed by atoms with Gasteiger partial charge in [0.15, 0.2) is 11.5 Å². The summed E-state index contributed by atoms with van der Waals surface area (Å²) in [5.74, 6) is 3.12. The number of unbranched alkanes of at least 4 members (excludes halogenated alkanes) is 1. The van der Waals surface area contributed by atoms with Crippen molar-refractivity contribution in [2.75, 3.05) is 13.3 Å². The predicted octanol–water partition coefficient (Wildman–Crippen LogP) is 6.41. The summed E-state index contributed by atoms with van der Waals surface area (Å²) >= 11 is 0. The van der Waals surface area contributed by atoms with Gasteiger partial charge in [0.1, 0.15) is 11.6 Å². The molecule has 34 heavy (non-hydrogen) atoms. The molecule has 3 aromatic rings. The Morgan fingerprint density at radius 1 is 1.03 bits per heavy atom. The van der Waals surface area contributed by atoms with E-state index in [-0.39, 0.29) is 5.82 Å². The molecule has 0 unspecified atom stereocenters. The number of ether oxygens (including phenoxy) is 2. The quantitative estimate of drug-likeness (QED) is 0.348. The van der Waals surface area contributed by atoms with Crippen molar-refractivity contribution in [1.82, 2.24) is 14.5 Å². The molecule has 6 heteroatoms. The zero-order chi connectivity index (χ0) is 23.3. The first kappa shape index (κ1) is 22.9. The van der Waals surface area contributed by atoms with E-state index >= 15 is 0 Å². The molecule has 5 nitrogen and oxygen atoms in total. The minimum absolute atomic E-state index is 0.220. The Morgan fingerprint density at radius 3 is 2.62 bits per heavy atom. The Labute approximate surface area is 201 Å². The Kier molecular flexibility index (Phi) is 7.14. The molecule has 2 heterocycles. The van der Waals surface area contributed by atoms with Crippen molar-refractivity contribution in [3.05, 3.63) is 65.7 Å². The summed E-state index contributed by atoms with van der Waals surface area (Å²) in [5.41, 5.74) is 3.41. The molecule has 2 aromatic carbocycles. The lowest BCUT2D eigenvalue weighted by Gasteiger charge is -2.26. The third-order valence-electron chi connectivity index (χ3n) is 7.00. The van der Waals surface area contributed by atoms with E-state index in [9.17, 15) is 4.39 Å². The maximum absolute atomic E-state index is 13.5. The molecule has 0 N–H and O–H groups in total. The maximum atomic E-state index is 13.5. The number of aromatic nitrogens is 2. The number of fused-ring (bicyclic) bond motifs is 1. The Morgan fingerprint density at radius 2 is 1.82 bits per heavy atom. The maximum Gasteiger partial charge on any atom is 0.231 e. The van der Waals surface area contributed by atoms with Gasteiger partial charge in [0.05, 0.1) is 11.9 Å². The van der Waals surface area contributed by atoms with E-state index in [1.807, 2.05) is 24.4 Å². The van der Waals surface area contributed by atoms with Crippen molar-refractivity contribution in [3.8, 4) is 22.9 Å². The number of hydrogen-bond donors (Lipinski definition) is 0. The van der Waals surface area contributed by atoms with Crippen LogP contribution in [-0.2, 0) is 19.6 Å². The highest BCUT2D eigenvalue weighted by atomic mass is 19.1. The van der Waals surface area contributed by atoms with Gasteiger partial charge in [-0.1, -0.05) is 32.3 Å². The molecule has 2 aliphatic rings. The molecule has 1 aliphatic carbocycles. The van der Waals surface area contributed by atoms with Crippen LogP contribution in [0.25, 0.3) is 11.4 Å². The van der Waals surface area contributed by atoms with E-state index in [0.717, 1.165) is 67.8 Å². The van der Waals surface area contributed by atoms with Crippen LogP contribution in [0.3, 0.4) is 0 Å². The van der Waals surface area contributed by atoms with Crippen LogP contribution in [0.1, 0.15) is 56.7 Å². The van der Waals surface area contributed by atoms with Gasteiger partial charge in [-0.3, -0.25) is 4.90 Å². The van der Waals surface area contributed by atoms with E-state index in [1.165, 1.54) is 49.1 Å². The number of hydrogen-bond acceptors (Lipinski definition) is 4. The predicted molar refractivity (Wildman–Crippen MR) is 131 cm³/mol. The summed E-state index contributed by atoms with van der Waals surface area (Å²) in [6, 6.07) is 13.0. The van der Waals surface area contributed by atoms with Crippen molar-refractivity contribution in [2.45, 2.75) is 65.1 Å². The average molecular weight is 464 g/mol. The van der Waals surface area contributed by atoms with Crippen LogP contribution in [0.2, 0.25) is 0 Å². The molecule has 5 rings (SSSR count). The smallest absolute Gasteiger partial charge is 0.231 e. The van der Waals surface area contributed by atoms with Gasteiger partial charge in [0, 0.05) is 31.7 Å². The summed E-state index contributed by atoms with van der Waals surface area (Å²) in [6.07, 6.45) is 9.51. The van der Waals surface area contributed by atoms with E-state index in [4.69, 9.17) is 14.5 Å². The van der Waals surface area contributed by atoms with Crippen molar-refractivity contribution in [2.24, 2.45) is 5.92 Å². The highest BCUT2D eigenvalue weighted by Crippen LogP contribution is 2.34. The van der Waals surface area contributed by atoms with Crippen LogP contribution >= 0.6 is 0 Å². The molecular weight excluding hydrogens is 429 g/mol. The highest BCUT2D eigenvalue weighted by Gasteiger charge is 2.22. The Balaban J connectivity index is 1.40. The zero-order valence-electron chi connectivity index (χ0n) is 20.0. The van der Waals surface area contributed by atoms with Crippen LogP contribution in [0.5, 0.6) is 11.5 Å². The minimum Gasteiger partial charge on any atom is -0.454 e. The second kappa shape index (κ2) is 10.6.